The van der Waals surface area contributed by atoms with E-state index in [1.807, 2.05) is 19.2 Å². The van der Waals surface area contributed by atoms with Crippen LogP contribution in [0.2, 0.25) is 0 Å². The topological polar surface area (TPSA) is 26.3 Å². The van der Waals surface area contributed by atoms with Crippen LogP contribution in [-0.4, -0.2) is 13.1 Å². The van der Waals surface area contributed by atoms with Crippen LogP contribution in [0.4, 0.5) is 0 Å². The highest BCUT2D eigenvalue weighted by atomic mass is 79.9. The Morgan fingerprint density at radius 3 is 2.50 bits per heavy atom. The number of methoxy groups -OCH3 is 1. The summed E-state index contributed by atoms with van der Waals surface area (Å²) in [5.41, 5.74) is 0. The van der Waals surface area contributed by atoms with E-state index in [2.05, 4.69) is 20.7 Å². The Bertz CT molecular complexity index is 245. The largest absolute Gasteiger partial charge is 0.465 e. The number of carbonyl (C=O) groups is 1. The third kappa shape index (κ3) is 3.36. The van der Waals surface area contributed by atoms with Crippen LogP contribution in [0.3, 0.4) is 0 Å². The molecule has 0 aromatic carbocycles. The van der Waals surface area contributed by atoms with Gasteiger partial charge in [-0.1, -0.05) is 13.8 Å². The summed E-state index contributed by atoms with van der Waals surface area (Å²) in [6.07, 6.45) is 0. The van der Waals surface area contributed by atoms with E-state index in [1.54, 1.807) is 6.07 Å². The Hall–Kier alpha value is -0.350. The van der Waals surface area contributed by atoms with Crippen LogP contribution >= 0.6 is 27.3 Å². The maximum absolute atomic E-state index is 10.8. The van der Waals surface area contributed by atoms with Crippen LogP contribution in [0.1, 0.15) is 23.5 Å². The average Bonchev–Trinajstić information content (AvgIpc) is 2.54. The van der Waals surface area contributed by atoms with Crippen LogP contribution in [-0.2, 0) is 4.74 Å². The molecule has 0 N–H and O–H groups in total. The van der Waals surface area contributed by atoms with Gasteiger partial charge in [-0.05, 0) is 22.0 Å². The van der Waals surface area contributed by atoms with Crippen molar-refractivity contribution >= 4 is 33.2 Å². The predicted octanol–water partition coefficient (Wildman–Crippen LogP) is 3.32. The second-order valence-corrected chi connectivity index (χ2v) is 3.45. The smallest absolute Gasteiger partial charge is 0.348 e. The number of hydrogen-bond acceptors (Lipinski definition) is 3. The molecule has 0 radical (unpaired) electrons. The van der Waals surface area contributed by atoms with Crippen LogP contribution in [0.25, 0.3) is 0 Å². The Balaban J connectivity index is 0.000000561. The van der Waals surface area contributed by atoms with Gasteiger partial charge >= 0.3 is 5.97 Å². The number of carbonyl (C=O) groups excluding carboxylic acids is 1. The van der Waals surface area contributed by atoms with E-state index in [-0.39, 0.29) is 5.97 Å². The number of hydrogen-bond donors (Lipinski definition) is 0. The number of halogens is 1. The molecule has 1 rings (SSSR count). The zero-order chi connectivity index (χ0) is 9.56. The Morgan fingerprint density at radius 2 is 2.17 bits per heavy atom. The molecule has 0 aliphatic rings. The Morgan fingerprint density at radius 1 is 1.58 bits per heavy atom. The molecule has 0 saturated carbocycles. The van der Waals surface area contributed by atoms with Crippen molar-refractivity contribution in [3.05, 3.63) is 20.8 Å². The molecular weight excluding hydrogens is 240 g/mol. The minimum atomic E-state index is -0.282. The highest BCUT2D eigenvalue weighted by Gasteiger charge is 2.06. The van der Waals surface area contributed by atoms with Crippen molar-refractivity contribution in [3.8, 4) is 0 Å². The highest BCUT2D eigenvalue weighted by molar-refractivity contribution is 9.10. The van der Waals surface area contributed by atoms with E-state index >= 15 is 0 Å². The minimum Gasteiger partial charge on any atom is -0.465 e. The standard InChI is InChI=1S/C6H5BrO2S.C2H6/c1-9-6(8)5-2-4(7)3-10-5;1-2/h2-3H,1H3;1-2H3. The van der Waals surface area contributed by atoms with Gasteiger partial charge in [-0.25, -0.2) is 4.79 Å². The van der Waals surface area contributed by atoms with E-state index < -0.39 is 0 Å². The van der Waals surface area contributed by atoms with Crippen molar-refractivity contribution in [2.24, 2.45) is 0 Å². The zero-order valence-electron chi connectivity index (χ0n) is 7.26. The summed E-state index contributed by atoms with van der Waals surface area (Å²) in [5.74, 6) is -0.282. The molecule has 1 heterocycles. The quantitative estimate of drug-likeness (QED) is 0.715. The number of esters is 1. The molecular formula is C8H11BrO2S. The summed E-state index contributed by atoms with van der Waals surface area (Å²) in [6, 6.07) is 1.73. The van der Waals surface area contributed by atoms with Gasteiger partial charge in [0.1, 0.15) is 4.88 Å². The zero-order valence-corrected chi connectivity index (χ0v) is 9.66. The molecule has 1 aromatic rings. The summed E-state index contributed by atoms with van der Waals surface area (Å²) in [5, 5.41) is 1.84. The predicted molar refractivity (Wildman–Crippen MR) is 54.7 cm³/mol. The number of rotatable bonds is 1. The molecule has 0 aliphatic carbocycles. The summed E-state index contributed by atoms with van der Waals surface area (Å²) in [7, 11) is 1.37. The lowest BCUT2D eigenvalue weighted by Gasteiger charge is -1.90. The fraction of sp³-hybridized carbons (Fsp3) is 0.375. The third-order valence-corrected chi connectivity index (χ3v) is 2.63. The fourth-order valence-corrected chi connectivity index (χ4v) is 1.86. The number of thiophene rings is 1. The lowest BCUT2D eigenvalue weighted by atomic mass is 10.5. The first kappa shape index (κ1) is 11.6. The molecule has 0 fully saturated rings. The molecule has 0 unspecified atom stereocenters. The van der Waals surface area contributed by atoms with Gasteiger partial charge in [-0.3, -0.25) is 0 Å². The molecule has 68 valence electrons. The summed E-state index contributed by atoms with van der Waals surface area (Å²) >= 11 is 4.59. The van der Waals surface area contributed by atoms with Gasteiger partial charge in [-0.2, -0.15) is 0 Å². The fourth-order valence-electron chi connectivity index (χ4n) is 0.521. The third-order valence-electron chi connectivity index (χ3n) is 0.954. The first-order valence-corrected chi connectivity index (χ1v) is 5.23. The molecule has 0 spiro atoms. The minimum absolute atomic E-state index is 0.282. The van der Waals surface area contributed by atoms with E-state index in [9.17, 15) is 4.79 Å². The van der Waals surface area contributed by atoms with Crippen LogP contribution < -0.4 is 0 Å². The van der Waals surface area contributed by atoms with E-state index in [0.717, 1.165) is 4.47 Å². The lowest BCUT2D eigenvalue weighted by Crippen LogP contribution is -1.96. The van der Waals surface area contributed by atoms with Crippen LogP contribution in [0.5, 0.6) is 0 Å². The SMILES string of the molecule is CC.COC(=O)c1cc(Br)cs1. The molecule has 2 nitrogen and oxygen atoms in total. The molecule has 0 bridgehead atoms. The number of ether oxygens (including phenoxy) is 1. The van der Waals surface area contributed by atoms with Crippen molar-refractivity contribution in [2.45, 2.75) is 13.8 Å². The van der Waals surface area contributed by atoms with Crippen molar-refractivity contribution in [2.75, 3.05) is 7.11 Å². The lowest BCUT2D eigenvalue weighted by molar-refractivity contribution is 0.0606. The summed E-state index contributed by atoms with van der Waals surface area (Å²) in [4.78, 5) is 11.4. The van der Waals surface area contributed by atoms with E-state index in [1.165, 1.54) is 18.4 Å². The van der Waals surface area contributed by atoms with Gasteiger partial charge in [-0.15, -0.1) is 11.3 Å². The van der Waals surface area contributed by atoms with Crippen LogP contribution in [0.15, 0.2) is 15.9 Å². The summed E-state index contributed by atoms with van der Waals surface area (Å²) in [6.45, 7) is 4.00. The molecule has 0 atom stereocenters. The highest BCUT2D eigenvalue weighted by Crippen LogP contribution is 2.19. The monoisotopic (exact) mass is 250 g/mol. The second kappa shape index (κ2) is 6.20. The van der Waals surface area contributed by atoms with E-state index in [0.29, 0.717) is 4.88 Å². The normalized spacial score (nSPS) is 8.33. The van der Waals surface area contributed by atoms with E-state index in [4.69, 9.17) is 0 Å². The molecule has 1 aromatic heterocycles. The van der Waals surface area contributed by atoms with Gasteiger partial charge in [0.25, 0.3) is 0 Å². The van der Waals surface area contributed by atoms with Crippen molar-refractivity contribution < 1.29 is 9.53 Å². The Labute approximate surface area is 84.7 Å². The van der Waals surface area contributed by atoms with Crippen molar-refractivity contribution in [3.63, 3.8) is 0 Å². The first-order valence-electron chi connectivity index (χ1n) is 3.56. The van der Waals surface area contributed by atoms with Crippen LogP contribution in [0, 0.1) is 0 Å². The molecule has 12 heavy (non-hydrogen) atoms. The van der Waals surface area contributed by atoms with Gasteiger partial charge in [0, 0.05) is 9.85 Å². The van der Waals surface area contributed by atoms with Crippen molar-refractivity contribution in [1.82, 2.24) is 0 Å². The molecule has 4 heteroatoms. The van der Waals surface area contributed by atoms with Gasteiger partial charge in [0.2, 0.25) is 0 Å². The maximum Gasteiger partial charge on any atom is 0.348 e. The molecule has 0 saturated heterocycles. The van der Waals surface area contributed by atoms with Gasteiger partial charge < -0.3 is 4.74 Å². The molecule has 0 aliphatic heterocycles. The maximum atomic E-state index is 10.8. The van der Waals surface area contributed by atoms with Crippen molar-refractivity contribution in [1.29, 1.82) is 0 Å². The summed E-state index contributed by atoms with van der Waals surface area (Å²) < 4.78 is 5.41. The molecule has 0 amide bonds. The Kier molecular flexibility index (Phi) is 6.02. The van der Waals surface area contributed by atoms with Gasteiger partial charge in [0.15, 0.2) is 0 Å². The van der Waals surface area contributed by atoms with Gasteiger partial charge in [0.05, 0.1) is 7.11 Å². The first-order chi connectivity index (χ1) is 5.74. The average molecular weight is 251 g/mol. The second-order valence-electron chi connectivity index (χ2n) is 1.62.